The van der Waals surface area contributed by atoms with Crippen LogP contribution >= 0.6 is 0 Å². The lowest BCUT2D eigenvalue weighted by Crippen LogP contribution is -2.29. The van der Waals surface area contributed by atoms with Gasteiger partial charge in [-0.05, 0) is 38.8 Å². The molecule has 0 spiro atoms. The molecule has 0 amide bonds. The molecule has 1 N–H and O–H groups in total. The van der Waals surface area contributed by atoms with Crippen LogP contribution in [0, 0.1) is 19.8 Å². The van der Waals surface area contributed by atoms with Crippen molar-refractivity contribution in [3.05, 3.63) is 17.5 Å². The normalized spacial score (nSPS) is 13.3. The largest absolute Gasteiger partial charge is 0.314 e. The van der Waals surface area contributed by atoms with Crippen molar-refractivity contribution < 1.29 is 0 Å². The van der Waals surface area contributed by atoms with Crippen molar-refractivity contribution in [2.24, 2.45) is 5.92 Å². The SMILES string of the molecule is CCCC(CNCC(C)C)n1nc(C)cc1C. The monoisotopic (exact) mass is 237 g/mol. The van der Waals surface area contributed by atoms with Gasteiger partial charge >= 0.3 is 0 Å². The van der Waals surface area contributed by atoms with Crippen LogP contribution in [0.5, 0.6) is 0 Å². The number of rotatable bonds is 7. The van der Waals surface area contributed by atoms with Gasteiger partial charge in [-0.25, -0.2) is 0 Å². The fourth-order valence-electron chi connectivity index (χ4n) is 2.20. The standard InChI is InChI=1S/C14H27N3/c1-6-7-14(10-15-9-11(2)3)17-13(5)8-12(4)16-17/h8,11,14-15H,6-7,9-10H2,1-5H3. The Hall–Kier alpha value is -0.830. The van der Waals surface area contributed by atoms with E-state index in [1.54, 1.807) is 0 Å². The summed E-state index contributed by atoms with van der Waals surface area (Å²) in [6.45, 7) is 13.0. The van der Waals surface area contributed by atoms with Gasteiger partial charge in [0, 0.05) is 12.2 Å². The molecule has 98 valence electrons. The van der Waals surface area contributed by atoms with E-state index in [0.29, 0.717) is 12.0 Å². The van der Waals surface area contributed by atoms with Gasteiger partial charge in [0.15, 0.2) is 0 Å². The minimum atomic E-state index is 0.493. The Kier molecular flexibility index (Phi) is 5.69. The van der Waals surface area contributed by atoms with Crippen LogP contribution in [-0.2, 0) is 0 Å². The highest BCUT2D eigenvalue weighted by Crippen LogP contribution is 2.15. The van der Waals surface area contributed by atoms with Crippen LogP contribution in [0.25, 0.3) is 0 Å². The van der Waals surface area contributed by atoms with Gasteiger partial charge in [-0.3, -0.25) is 4.68 Å². The lowest BCUT2D eigenvalue weighted by atomic mass is 10.1. The van der Waals surface area contributed by atoms with E-state index in [1.165, 1.54) is 18.5 Å². The van der Waals surface area contributed by atoms with E-state index in [-0.39, 0.29) is 0 Å². The van der Waals surface area contributed by atoms with E-state index >= 15 is 0 Å². The lowest BCUT2D eigenvalue weighted by Gasteiger charge is -2.20. The van der Waals surface area contributed by atoms with E-state index in [1.807, 2.05) is 0 Å². The molecule has 0 aliphatic heterocycles. The van der Waals surface area contributed by atoms with Crippen molar-refractivity contribution in [3.8, 4) is 0 Å². The Morgan fingerprint density at radius 2 is 2.00 bits per heavy atom. The van der Waals surface area contributed by atoms with Crippen LogP contribution in [0.1, 0.15) is 51.0 Å². The Morgan fingerprint density at radius 3 is 2.47 bits per heavy atom. The fourth-order valence-corrected chi connectivity index (χ4v) is 2.20. The highest BCUT2D eigenvalue weighted by molar-refractivity contribution is 5.07. The molecule has 0 fully saturated rings. The molecule has 1 aromatic rings. The minimum Gasteiger partial charge on any atom is -0.314 e. The van der Waals surface area contributed by atoms with E-state index in [4.69, 9.17) is 0 Å². The molecule has 1 aromatic heterocycles. The molecule has 3 nitrogen and oxygen atoms in total. The van der Waals surface area contributed by atoms with Crippen molar-refractivity contribution in [1.29, 1.82) is 0 Å². The number of aryl methyl sites for hydroxylation is 2. The van der Waals surface area contributed by atoms with Crippen LogP contribution in [0.4, 0.5) is 0 Å². The molecule has 1 unspecified atom stereocenters. The van der Waals surface area contributed by atoms with Crippen molar-refractivity contribution in [3.63, 3.8) is 0 Å². The third kappa shape index (κ3) is 4.50. The summed E-state index contributed by atoms with van der Waals surface area (Å²) in [6.07, 6.45) is 2.39. The summed E-state index contributed by atoms with van der Waals surface area (Å²) in [5.41, 5.74) is 2.39. The maximum absolute atomic E-state index is 4.60. The van der Waals surface area contributed by atoms with E-state index < -0.39 is 0 Å². The van der Waals surface area contributed by atoms with Crippen molar-refractivity contribution in [2.45, 2.75) is 53.5 Å². The average Bonchev–Trinajstić information content (AvgIpc) is 2.56. The molecule has 0 saturated heterocycles. The van der Waals surface area contributed by atoms with Crippen LogP contribution in [0.15, 0.2) is 6.07 Å². The zero-order chi connectivity index (χ0) is 12.8. The number of nitrogens with one attached hydrogen (secondary N) is 1. The third-order valence-corrected chi connectivity index (χ3v) is 2.94. The number of hydrogen-bond acceptors (Lipinski definition) is 2. The van der Waals surface area contributed by atoms with Crippen molar-refractivity contribution in [1.82, 2.24) is 15.1 Å². The van der Waals surface area contributed by atoms with E-state index in [9.17, 15) is 0 Å². The molecular weight excluding hydrogens is 210 g/mol. The first kappa shape index (κ1) is 14.2. The van der Waals surface area contributed by atoms with Crippen molar-refractivity contribution >= 4 is 0 Å². The maximum atomic E-state index is 4.60. The van der Waals surface area contributed by atoms with Crippen LogP contribution in [-0.4, -0.2) is 22.9 Å². The molecule has 1 rings (SSSR count). The van der Waals surface area contributed by atoms with E-state index in [0.717, 1.165) is 18.8 Å². The van der Waals surface area contributed by atoms with Crippen LogP contribution in [0.2, 0.25) is 0 Å². The summed E-state index contributed by atoms with van der Waals surface area (Å²) in [6, 6.07) is 2.65. The molecule has 0 bridgehead atoms. The second kappa shape index (κ2) is 6.80. The van der Waals surface area contributed by atoms with Gasteiger partial charge in [0.2, 0.25) is 0 Å². The molecule has 0 radical (unpaired) electrons. The molecular formula is C14H27N3. The summed E-state index contributed by atoms with van der Waals surface area (Å²) < 4.78 is 2.19. The van der Waals surface area contributed by atoms with E-state index in [2.05, 4.69) is 55.8 Å². The van der Waals surface area contributed by atoms with Gasteiger partial charge in [0.05, 0.1) is 11.7 Å². The first-order valence-corrected chi connectivity index (χ1v) is 6.78. The number of hydrogen-bond donors (Lipinski definition) is 1. The second-order valence-electron chi connectivity index (χ2n) is 5.37. The average molecular weight is 237 g/mol. The molecule has 3 heteroatoms. The third-order valence-electron chi connectivity index (χ3n) is 2.94. The maximum Gasteiger partial charge on any atom is 0.0646 e. The second-order valence-corrected chi connectivity index (χ2v) is 5.37. The van der Waals surface area contributed by atoms with Crippen LogP contribution in [0.3, 0.4) is 0 Å². The first-order valence-electron chi connectivity index (χ1n) is 6.78. The summed E-state index contributed by atoms with van der Waals surface area (Å²) in [7, 11) is 0. The molecule has 1 atom stereocenters. The molecule has 0 aromatic carbocycles. The quantitative estimate of drug-likeness (QED) is 0.790. The number of aromatic nitrogens is 2. The zero-order valence-corrected chi connectivity index (χ0v) is 12.0. The fraction of sp³-hybridized carbons (Fsp3) is 0.786. The molecule has 1 heterocycles. The minimum absolute atomic E-state index is 0.493. The first-order chi connectivity index (χ1) is 8.04. The van der Waals surface area contributed by atoms with Gasteiger partial charge in [-0.15, -0.1) is 0 Å². The summed E-state index contributed by atoms with van der Waals surface area (Å²) in [4.78, 5) is 0. The highest BCUT2D eigenvalue weighted by atomic mass is 15.3. The molecule has 0 saturated carbocycles. The van der Waals surface area contributed by atoms with Gasteiger partial charge in [0.25, 0.3) is 0 Å². The van der Waals surface area contributed by atoms with Gasteiger partial charge in [-0.1, -0.05) is 27.2 Å². The Labute approximate surface area is 106 Å². The van der Waals surface area contributed by atoms with Gasteiger partial charge in [0.1, 0.15) is 0 Å². The van der Waals surface area contributed by atoms with Gasteiger partial charge in [-0.2, -0.15) is 5.10 Å². The molecule has 0 aliphatic rings. The summed E-state index contributed by atoms with van der Waals surface area (Å²) >= 11 is 0. The van der Waals surface area contributed by atoms with Crippen molar-refractivity contribution in [2.75, 3.05) is 13.1 Å². The Bertz CT molecular complexity index is 328. The Morgan fingerprint density at radius 1 is 1.29 bits per heavy atom. The summed E-state index contributed by atoms with van der Waals surface area (Å²) in [5, 5.41) is 8.15. The smallest absolute Gasteiger partial charge is 0.0646 e. The predicted molar refractivity (Wildman–Crippen MR) is 73.4 cm³/mol. The molecule has 0 aliphatic carbocycles. The predicted octanol–water partition coefficient (Wildman–Crippen LogP) is 3.09. The van der Waals surface area contributed by atoms with Gasteiger partial charge < -0.3 is 5.32 Å². The molecule has 17 heavy (non-hydrogen) atoms. The van der Waals surface area contributed by atoms with Crippen LogP contribution < -0.4 is 5.32 Å². The zero-order valence-electron chi connectivity index (χ0n) is 12.0. The number of nitrogens with zero attached hydrogens (tertiary/aromatic N) is 2. The highest BCUT2D eigenvalue weighted by Gasteiger charge is 2.13. The lowest BCUT2D eigenvalue weighted by molar-refractivity contribution is 0.378. The topological polar surface area (TPSA) is 29.9 Å². The summed E-state index contributed by atoms with van der Waals surface area (Å²) in [5.74, 6) is 0.706. The Balaban J connectivity index is 2.61.